The Morgan fingerprint density at radius 2 is 1.69 bits per heavy atom. The van der Waals surface area contributed by atoms with Gasteiger partial charge < -0.3 is 4.74 Å². The van der Waals surface area contributed by atoms with E-state index in [1.807, 2.05) is 0 Å². The second-order valence-electron chi connectivity index (χ2n) is 2.61. The van der Waals surface area contributed by atoms with Crippen LogP contribution in [0.5, 0.6) is 0 Å². The van der Waals surface area contributed by atoms with E-state index in [2.05, 4.69) is 4.74 Å². The Morgan fingerprint density at radius 3 is 2.00 bits per heavy atom. The number of rotatable bonds is 7. The highest BCUT2D eigenvalue weighted by atomic mass is 19.2. The zero-order valence-corrected chi connectivity index (χ0v) is 7.94. The van der Waals surface area contributed by atoms with Gasteiger partial charge in [-0.15, -0.1) is 5.01 Å². The molecule has 0 aliphatic heterocycles. The van der Waals surface area contributed by atoms with Gasteiger partial charge in [-0.2, -0.15) is 0 Å². The summed E-state index contributed by atoms with van der Waals surface area (Å²) in [5.74, 6) is -4.00. The van der Waals surface area contributed by atoms with Gasteiger partial charge >= 0.3 is 5.92 Å². The summed E-state index contributed by atoms with van der Waals surface area (Å²) in [6, 6.07) is 0. The number of hydrazine groups is 1. The Labute approximate surface area is 86.8 Å². The fourth-order valence-electron chi connectivity index (χ4n) is 0.527. The van der Waals surface area contributed by atoms with E-state index < -0.39 is 34.1 Å². The van der Waals surface area contributed by atoms with Crippen molar-refractivity contribution >= 4 is 0 Å². The summed E-state index contributed by atoms with van der Waals surface area (Å²) in [6.07, 6.45) is 0. The minimum atomic E-state index is -4.00. The molecule has 92 valence electrons. The van der Waals surface area contributed by atoms with Gasteiger partial charge in [0.15, 0.2) is 11.8 Å². The Bertz CT molecular complexity index is 295. The van der Waals surface area contributed by atoms with E-state index in [0.29, 0.717) is 5.01 Å². The van der Waals surface area contributed by atoms with Crippen molar-refractivity contribution in [2.75, 3.05) is 20.4 Å². The van der Waals surface area contributed by atoms with Gasteiger partial charge in [0, 0.05) is 0 Å². The molecular formula is C4H7FN4O7. The highest BCUT2D eigenvalue weighted by Gasteiger charge is 2.58. The molecule has 0 N–H and O–H groups in total. The molecule has 0 unspecified atom stereocenters. The molecule has 11 nitrogen and oxygen atoms in total. The molecule has 0 saturated heterocycles. The standard InChI is InChI=1S/C4H7FN4O7/c1-6(9(14)15)3-16-2-4(5,7(10)11)8(12)13/h2-3H2,1H3. The van der Waals surface area contributed by atoms with Gasteiger partial charge in [-0.05, 0) is 0 Å². The molecule has 0 bridgehead atoms. The van der Waals surface area contributed by atoms with Gasteiger partial charge in [-0.25, -0.2) is 10.1 Å². The summed E-state index contributed by atoms with van der Waals surface area (Å²) < 4.78 is 17.1. The average molecular weight is 242 g/mol. The summed E-state index contributed by atoms with van der Waals surface area (Å²) in [4.78, 5) is 26.5. The molecule has 0 rings (SSSR count). The lowest BCUT2D eigenvalue weighted by molar-refractivity contribution is -0.833. The Kier molecular flexibility index (Phi) is 4.43. The molecule has 0 saturated carbocycles. The van der Waals surface area contributed by atoms with Crippen LogP contribution in [0.3, 0.4) is 0 Å². The number of ether oxygens (including phenoxy) is 1. The molecule has 0 aromatic heterocycles. The normalized spacial score (nSPS) is 10.9. The largest absolute Gasteiger partial charge is 0.637 e. The van der Waals surface area contributed by atoms with E-state index in [1.165, 1.54) is 0 Å². The smallest absolute Gasteiger partial charge is 0.337 e. The molecular weight excluding hydrogens is 235 g/mol. The van der Waals surface area contributed by atoms with Crippen LogP contribution < -0.4 is 0 Å². The third kappa shape index (κ3) is 3.23. The van der Waals surface area contributed by atoms with E-state index in [1.54, 1.807) is 0 Å². The molecule has 0 atom stereocenters. The Balaban J connectivity index is 4.31. The number of nitro groups is 3. The first kappa shape index (κ1) is 13.9. The fraction of sp³-hybridized carbons (Fsp3) is 1.00. The molecule has 0 aromatic rings. The molecule has 0 aliphatic carbocycles. The number of hydrogen-bond donors (Lipinski definition) is 0. The van der Waals surface area contributed by atoms with Crippen molar-refractivity contribution in [3.63, 3.8) is 0 Å². The minimum Gasteiger partial charge on any atom is -0.337 e. The molecule has 0 aromatic carbocycles. The quantitative estimate of drug-likeness (QED) is 0.246. The predicted octanol–water partition coefficient (Wildman–Crippen LogP) is -0.739. The van der Waals surface area contributed by atoms with Crippen molar-refractivity contribution < 1.29 is 24.0 Å². The van der Waals surface area contributed by atoms with E-state index in [4.69, 9.17) is 0 Å². The molecule has 0 amide bonds. The van der Waals surface area contributed by atoms with Crippen LogP contribution in [0.1, 0.15) is 0 Å². The third-order valence-electron chi connectivity index (χ3n) is 1.40. The van der Waals surface area contributed by atoms with Crippen LogP contribution in [0.4, 0.5) is 4.39 Å². The van der Waals surface area contributed by atoms with Crippen molar-refractivity contribution in [1.82, 2.24) is 5.01 Å². The van der Waals surface area contributed by atoms with Gasteiger partial charge in [0.2, 0.25) is 6.61 Å². The van der Waals surface area contributed by atoms with Crippen LogP contribution in [0.2, 0.25) is 0 Å². The second-order valence-corrected chi connectivity index (χ2v) is 2.61. The fourth-order valence-corrected chi connectivity index (χ4v) is 0.527. The van der Waals surface area contributed by atoms with Gasteiger partial charge in [-0.1, -0.05) is 4.39 Å². The maximum Gasteiger partial charge on any atom is 0.637 e. The lowest BCUT2D eigenvalue weighted by Crippen LogP contribution is -2.47. The molecule has 16 heavy (non-hydrogen) atoms. The molecule has 0 fully saturated rings. The number of hydrogen-bond acceptors (Lipinski definition) is 7. The first-order chi connectivity index (χ1) is 7.21. The maximum atomic E-state index is 13.0. The van der Waals surface area contributed by atoms with E-state index in [0.717, 1.165) is 7.05 Å². The molecule has 0 heterocycles. The van der Waals surface area contributed by atoms with Crippen molar-refractivity contribution in [1.29, 1.82) is 0 Å². The van der Waals surface area contributed by atoms with E-state index >= 15 is 0 Å². The topological polar surface area (TPSA) is 142 Å². The summed E-state index contributed by atoms with van der Waals surface area (Å²) in [5, 5.41) is 29.5. The molecule has 12 heteroatoms. The lowest BCUT2D eigenvalue weighted by Gasteiger charge is -2.10. The first-order valence-corrected chi connectivity index (χ1v) is 3.63. The maximum absolute atomic E-state index is 13.0. The average Bonchev–Trinajstić information content (AvgIpc) is 2.16. The summed E-state index contributed by atoms with van der Waals surface area (Å²) >= 11 is 0. The lowest BCUT2D eigenvalue weighted by atomic mass is 10.5. The van der Waals surface area contributed by atoms with E-state index in [9.17, 15) is 34.7 Å². The molecule has 0 aliphatic rings. The molecule has 0 spiro atoms. The van der Waals surface area contributed by atoms with Crippen LogP contribution in [-0.4, -0.2) is 46.2 Å². The van der Waals surface area contributed by atoms with Crippen LogP contribution in [0.25, 0.3) is 0 Å². The van der Waals surface area contributed by atoms with Crippen LogP contribution in [-0.2, 0) is 4.74 Å². The highest BCUT2D eigenvalue weighted by Crippen LogP contribution is 2.13. The number of nitrogens with zero attached hydrogens (tertiary/aromatic N) is 4. The number of alkyl halides is 1. The summed E-state index contributed by atoms with van der Waals surface area (Å²) in [7, 11) is 0.943. The van der Waals surface area contributed by atoms with Crippen molar-refractivity contribution in [3.8, 4) is 0 Å². The van der Waals surface area contributed by atoms with E-state index in [-0.39, 0.29) is 0 Å². The number of halogens is 1. The van der Waals surface area contributed by atoms with Gasteiger partial charge in [0.05, 0.1) is 7.05 Å². The van der Waals surface area contributed by atoms with Gasteiger partial charge in [0.1, 0.15) is 9.85 Å². The van der Waals surface area contributed by atoms with Gasteiger partial charge in [0.25, 0.3) is 0 Å². The van der Waals surface area contributed by atoms with Gasteiger partial charge in [-0.3, -0.25) is 20.2 Å². The molecule has 0 radical (unpaired) electrons. The third-order valence-corrected chi connectivity index (χ3v) is 1.40. The zero-order chi connectivity index (χ0) is 12.9. The second kappa shape index (κ2) is 5.11. The van der Waals surface area contributed by atoms with Crippen LogP contribution in [0.15, 0.2) is 0 Å². The van der Waals surface area contributed by atoms with Crippen molar-refractivity contribution in [2.24, 2.45) is 0 Å². The summed E-state index contributed by atoms with van der Waals surface area (Å²) in [5.41, 5.74) is 0. The SMILES string of the molecule is CN(COCC(F)([N+](=O)[O-])[N+](=O)[O-])[N+](=O)[O-]. The van der Waals surface area contributed by atoms with Crippen LogP contribution in [0, 0.1) is 30.3 Å². The summed E-state index contributed by atoms with van der Waals surface area (Å²) in [6.45, 7) is -2.34. The highest BCUT2D eigenvalue weighted by molar-refractivity contribution is 4.48. The first-order valence-electron chi connectivity index (χ1n) is 3.63. The zero-order valence-electron chi connectivity index (χ0n) is 7.94. The van der Waals surface area contributed by atoms with Crippen molar-refractivity contribution in [2.45, 2.75) is 5.92 Å². The van der Waals surface area contributed by atoms with Crippen molar-refractivity contribution in [3.05, 3.63) is 30.3 Å². The minimum absolute atomic E-state index is 0.334. The predicted molar refractivity (Wildman–Crippen MR) is 43.4 cm³/mol. The van der Waals surface area contributed by atoms with Crippen LogP contribution >= 0.6 is 0 Å². The monoisotopic (exact) mass is 242 g/mol. The Hall–Kier alpha value is -2.11. The Morgan fingerprint density at radius 1 is 1.25 bits per heavy atom.